The Kier molecular flexibility index (Phi) is 10.6. The van der Waals surface area contributed by atoms with Crippen LogP contribution in [0.1, 0.15) is 41.0 Å². The Morgan fingerprint density at radius 3 is 2.07 bits per heavy atom. The molecule has 0 aromatic heterocycles. The van der Waals surface area contributed by atoms with E-state index in [2.05, 4.69) is 0 Å². The number of hydrogen-bond acceptors (Lipinski definition) is 2. The minimum atomic E-state index is -0.535. The van der Waals surface area contributed by atoms with Crippen molar-refractivity contribution in [3.05, 3.63) is 70.3 Å². The van der Waals surface area contributed by atoms with E-state index in [1.807, 2.05) is 32.0 Å². The van der Waals surface area contributed by atoms with Crippen molar-refractivity contribution in [2.45, 2.75) is 39.0 Å². The van der Waals surface area contributed by atoms with Crippen LogP contribution in [0, 0.1) is 25.5 Å². The smallest absolute Gasteiger partial charge is 0.129 e. The molecule has 1 unspecified atom stereocenters. The number of nitrogens with zero attached hydrogens (tertiary/aromatic N) is 1. The number of aryl methyl sites for hydroxylation is 2. The third-order valence-electron chi connectivity index (χ3n) is 4.94. The number of alkyl halides is 1. The van der Waals surface area contributed by atoms with Crippen LogP contribution in [0.15, 0.2) is 36.4 Å². The fourth-order valence-corrected chi connectivity index (χ4v) is 3.59. The third kappa shape index (κ3) is 6.50. The summed E-state index contributed by atoms with van der Waals surface area (Å²) in [5.74, 6) is -1.22. The second-order valence-corrected chi connectivity index (χ2v) is 6.87. The molecule has 28 heavy (non-hydrogen) atoms. The van der Waals surface area contributed by atoms with Crippen molar-refractivity contribution in [3.63, 3.8) is 0 Å². The molecule has 0 fully saturated rings. The Balaban J connectivity index is 0.00000392. The maximum absolute atomic E-state index is 14.3. The summed E-state index contributed by atoms with van der Waals surface area (Å²) in [5, 5.41) is 1.75. The van der Waals surface area contributed by atoms with Crippen LogP contribution in [-0.4, -0.2) is 31.9 Å². The molecule has 0 aliphatic rings. The summed E-state index contributed by atoms with van der Waals surface area (Å²) in [5.41, 5.74) is 3.32. The molecule has 1 atom stereocenters. The van der Waals surface area contributed by atoms with Gasteiger partial charge in [0.25, 0.3) is 0 Å². The first-order valence-electron chi connectivity index (χ1n) is 9.32. The highest BCUT2D eigenvalue weighted by Gasteiger charge is 2.23. The maximum atomic E-state index is 14.3. The molecule has 0 heterocycles. The highest BCUT2D eigenvalue weighted by Crippen LogP contribution is 2.30. The predicted octanol–water partition coefficient (Wildman–Crippen LogP) is 5.94. The predicted molar refractivity (Wildman–Crippen MR) is 110 cm³/mol. The minimum Gasteiger partial charge on any atom is -0.302 e. The molecule has 2 aromatic carbocycles. The summed E-state index contributed by atoms with van der Waals surface area (Å²) < 4.78 is 41.0. The largest absolute Gasteiger partial charge is 0.302 e. The molecule has 0 bridgehead atoms. The van der Waals surface area contributed by atoms with Gasteiger partial charge in [-0.15, -0.1) is 12.4 Å². The Morgan fingerprint density at radius 2 is 1.54 bits per heavy atom. The fourth-order valence-electron chi connectivity index (χ4n) is 3.59. The van der Waals surface area contributed by atoms with Gasteiger partial charge >= 0.3 is 0 Å². The van der Waals surface area contributed by atoms with E-state index in [0.29, 0.717) is 25.9 Å². The van der Waals surface area contributed by atoms with Gasteiger partial charge in [0.15, 0.2) is 0 Å². The van der Waals surface area contributed by atoms with E-state index in [1.54, 1.807) is 12.2 Å². The molecular weight excluding hydrogens is 387 g/mol. The lowest BCUT2D eigenvalue weighted by Gasteiger charge is -2.28. The lowest BCUT2D eigenvalue weighted by molar-refractivity contribution is -0.135. The summed E-state index contributed by atoms with van der Waals surface area (Å²) in [6.07, 6.45) is 1.36. The van der Waals surface area contributed by atoms with Gasteiger partial charge in [-0.2, -0.15) is 5.06 Å². The third-order valence-corrected chi connectivity index (χ3v) is 4.94. The molecule has 0 saturated heterocycles. The first-order valence-corrected chi connectivity index (χ1v) is 9.32. The molecule has 0 N–H and O–H groups in total. The molecule has 0 spiro atoms. The summed E-state index contributed by atoms with van der Waals surface area (Å²) in [7, 11) is 1.57. The van der Waals surface area contributed by atoms with E-state index >= 15 is 0 Å². The number of hydrogen-bond donors (Lipinski definition) is 0. The fraction of sp³-hybridized carbons (Fsp3) is 0.455. The van der Waals surface area contributed by atoms with Crippen LogP contribution in [0.3, 0.4) is 0 Å². The van der Waals surface area contributed by atoms with Gasteiger partial charge in [0.05, 0.1) is 13.8 Å². The molecule has 0 radical (unpaired) electrons. The minimum absolute atomic E-state index is 0. The van der Waals surface area contributed by atoms with Crippen molar-refractivity contribution >= 4 is 12.4 Å². The molecule has 2 aromatic rings. The van der Waals surface area contributed by atoms with E-state index in [9.17, 15) is 13.2 Å². The Hall–Kier alpha value is -1.56. The average molecular weight is 416 g/mol. The van der Waals surface area contributed by atoms with Crippen molar-refractivity contribution in [1.82, 2.24) is 5.06 Å². The molecule has 2 rings (SSSR count). The molecule has 2 nitrogen and oxygen atoms in total. The van der Waals surface area contributed by atoms with Crippen LogP contribution in [0.4, 0.5) is 13.2 Å². The van der Waals surface area contributed by atoms with Gasteiger partial charge in [0.1, 0.15) is 11.6 Å². The van der Waals surface area contributed by atoms with Gasteiger partial charge < -0.3 is 4.84 Å². The zero-order valence-corrected chi connectivity index (χ0v) is 17.5. The second kappa shape index (κ2) is 12.1. The molecule has 0 aliphatic heterocycles. The van der Waals surface area contributed by atoms with E-state index < -0.39 is 11.6 Å². The van der Waals surface area contributed by atoms with E-state index in [4.69, 9.17) is 4.84 Å². The first-order chi connectivity index (χ1) is 13.0. The molecule has 0 amide bonds. The average Bonchev–Trinajstić information content (AvgIpc) is 2.63. The van der Waals surface area contributed by atoms with Gasteiger partial charge in [-0.1, -0.05) is 24.3 Å². The van der Waals surface area contributed by atoms with Gasteiger partial charge in [-0.25, -0.2) is 8.78 Å². The quantitative estimate of drug-likeness (QED) is 0.351. The zero-order valence-electron chi connectivity index (χ0n) is 16.7. The maximum Gasteiger partial charge on any atom is 0.129 e. The Morgan fingerprint density at radius 1 is 0.964 bits per heavy atom. The number of unbranched alkanes of at least 4 members (excludes halogenated alkanes) is 1. The Bertz CT molecular complexity index is 701. The summed E-state index contributed by atoms with van der Waals surface area (Å²) in [6.45, 7) is 4.70. The molecule has 6 heteroatoms. The second-order valence-electron chi connectivity index (χ2n) is 6.87. The van der Waals surface area contributed by atoms with Crippen LogP contribution in [0.25, 0.3) is 0 Å². The molecule has 156 valence electrons. The highest BCUT2D eigenvalue weighted by atomic mass is 35.5. The van der Waals surface area contributed by atoms with E-state index in [0.717, 1.165) is 16.7 Å². The van der Waals surface area contributed by atoms with Gasteiger partial charge in [-0.05, 0) is 61.9 Å². The van der Waals surface area contributed by atoms with Gasteiger partial charge in [-0.3, -0.25) is 4.39 Å². The van der Waals surface area contributed by atoms with Gasteiger partial charge in [0, 0.05) is 24.6 Å². The van der Waals surface area contributed by atoms with Crippen molar-refractivity contribution in [2.24, 2.45) is 0 Å². The highest BCUT2D eigenvalue weighted by molar-refractivity contribution is 5.85. The lowest BCUT2D eigenvalue weighted by Crippen LogP contribution is -2.30. The zero-order chi connectivity index (χ0) is 19.8. The van der Waals surface area contributed by atoms with Crippen molar-refractivity contribution in [1.29, 1.82) is 0 Å². The van der Waals surface area contributed by atoms with Crippen LogP contribution in [0.5, 0.6) is 0 Å². The van der Waals surface area contributed by atoms with E-state index in [1.165, 1.54) is 18.2 Å². The van der Waals surface area contributed by atoms with Crippen LogP contribution in [0.2, 0.25) is 0 Å². The number of benzene rings is 2. The SMILES string of the molecule is CON(CCCCF)CC(Cc1c(F)cccc1F)c1c(C)cccc1C.Cl. The van der Waals surface area contributed by atoms with Crippen LogP contribution in [-0.2, 0) is 11.3 Å². The number of rotatable bonds is 10. The van der Waals surface area contributed by atoms with Gasteiger partial charge in [0.2, 0.25) is 0 Å². The first kappa shape index (κ1) is 24.5. The topological polar surface area (TPSA) is 12.5 Å². The van der Waals surface area contributed by atoms with E-state index in [-0.39, 0.29) is 37.0 Å². The van der Waals surface area contributed by atoms with Crippen molar-refractivity contribution in [3.8, 4) is 0 Å². The Labute approximate surface area is 172 Å². The standard InChI is InChI=1S/C22H28F3NO.ClH/c1-16-8-6-9-17(2)22(16)18(15-26(27-3)13-5-4-12-23)14-19-20(24)10-7-11-21(19)25;/h6-11,18H,4-5,12-15H2,1-3H3;1H. The number of halogens is 4. The van der Waals surface area contributed by atoms with Crippen LogP contribution < -0.4 is 0 Å². The summed E-state index contributed by atoms with van der Waals surface area (Å²) in [4.78, 5) is 5.45. The molecule has 0 aliphatic carbocycles. The normalized spacial score (nSPS) is 12.1. The van der Waals surface area contributed by atoms with Crippen molar-refractivity contribution in [2.75, 3.05) is 26.9 Å². The molecule has 0 saturated carbocycles. The lowest BCUT2D eigenvalue weighted by atomic mass is 9.85. The summed E-state index contributed by atoms with van der Waals surface area (Å²) >= 11 is 0. The molecular formula is C22H29ClF3NO. The van der Waals surface area contributed by atoms with Crippen molar-refractivity contribution < 1.29 is 18.0 Å². The summed E-state index contributed by atoms with van der Waals surface area (Å²) in [6, 6.07) is 9.94. The number of hydroxylamine groups is 2. The van der Waals surface area contributed by atoms with Crippen LogP contribution >= 0.6 is 12.4 Å². The monoisotopic (exact) mass is 415 g/mol.